The summed E-state index contributed by atoms with van der Waals surface area (Å²) >= 11 is 0. The van der Waals surface area contributed by atoms with Crippen molar-refractivity contribution in [2.45, 2.75) is 0 Å². The minimum Gasteiger partial charge on any atom is -0.286 e. The Morgan fingerprint density at radius 3 is 1.83 bits per heavy atom. The van der Waals surface area contributed by atoms with Crippen LogP contribution in [0.15, 0.2) is 0 Å². The van der Waals surface area contributed by atoms with Gasteiger partial charge in [-0.2, -0.15) is 8.42 Å². The average Bonchev–Trinajstić information content (AvgIpc) is 1.83. The Morgan fingerprint density at radius 2 is 1.58 bits per heavy atom. The number of hydrogen-bond donors (Lipinski definition) is 1. The first-order valence-electron chi connectivity index (χ1n) is 2.50. The molecule has 69 valence electrons. The Hall–Kier alpha value is 1.21. The van der Waals surface area contributed by atoms with E-state index in [0.29, 0.717) is 10.8 Å². The minimum atomic E-state index is -4.16. The van der Waals surface area contributed by atoms with Crippen LogP contribution in [0.2, 0.25) is 0 Å². The van der Waals surface area contributed by atoms with Crippen molar-refractivity contribution < 1.29 is 21.4 Å². The first-order chi connectivity index (χ1) is 4.77. The molecule has 0 aliphatic rings. The second-order valence-corrected chi connectivity index (χ2v) is 7.67. The zero-order valence-corrected chi connectivity index (χ0v) is 11.2. The number of hydrogen-bond acceptors (Lipinski definition) is 5. The fourth-order valence-electron chi connectivity index (χ4n) is 0.291. The van der Waals surface area contributed by atoms with Crippen molar-refractivity contribution in [3.05, 3.63) is 0 Å². The van der Waals surface area contributed by atoms with Crippen LogP contribution in [0.1, 0.15) is 0 Å². The molecule has 0 unspecified atom stereocenters. The standard InChI is InChI=1S/C3H8O5S3.Na/c1-9-11(7,8)3-2-10(4,5)6;/h2-3H2,1H3,(H,4,5,6);. The molecule has 0 saturated heterocycles. The third-order valence-electron chi connectivity index (χ3n) is 0.845. The summed E-state index contributed by atoms with van der Waals surface area (Å²) in [5.74, 6) is -1.29. The van der Waals surface area contributed by atoms with E-state index in [0.717, 1.165) is 0 Å². The normalized spacial score (nSPS) is 12.2. The van der Waals surface area contributed by atoms with Gasteiger partial charge in [0.25, 0.3) is 10.1 Å². The third kappa shape index (κ3) is 9.30. The van der Waals surface area contributed by atoms with Gasteiger partial charge in [-0.05, 0) is 17.0 Å². The second kappa shape index (κ2) is 5.84. The van der Waals surface area contributed by atoms with Crippen LogP contribution >= 0.6 is 10.8 Å². The van der Waals surface area contributed by atoms with Gasteiger partial charge in [-0.3, -0.25) is 4.55 Å². The largest absolute Gasteiger partial charge is 0.286 e. The zero-order valence-electron chi connectivity index (χ0n) is 6.72. The molecule has 5 nitrogen and oxygen atoms in total. The van der Waals surface area contributed by atoms with Crippen LogP contribution in [0.3, 0.4) is 0 Å². The van der Waals surface area contributed by atoms with Crippen LogP contribution in [-0.2, 0) is 19.0 Å². The van der Waals surface area contributed by atoms with Gasteiger partial charge in [-0.25, -0.2) is 8.42 Å². The third-order valence-corrected chi connectivity index (χ3v) is 5.06. The number of rotatable bonds is 4. The zero-order chi connectivity index (χ0) is 9.12. The van der Waals surface area contributed by atoms with Gasteiger partial charge in [-0.15, -0.1) is 0 Å². The van der Waals surface area contributed by atoms with Crippen molar-refractivity contribution in [1.29, 1.82) is 0 Å². The van der Waals surface area contributed by atoms with Gasteiger partial charge in [0, 0.05) is 29.6 Å². The van der Waals surface area contributed by atoms with Gasteiger partial charge in [0.05, 0.1) is 11.5 Å². The maximum absolute atomic E-state index is 10.6. The second-order valence-electron chi connectivity index (χ2n) is 1.71. The smallest absolute Gasteiger partial charge is 0.265 e. The molecule has 0 aliphatic heterocycles. The SMILES string of the molecule is CSS(=O)(=O)CCS(=O)(=O)O.[Na]. The van der Waals surface area contributed by atoms with Crippen molar-refractivity contribution in [2.24, 2.45) is 0 Å². The molecule has 0 aromatic carbocycles. The average molecular weight is 243 g/mol. The molecule has 0 aromatic heterocycles. The van der Waals surface area contributed by atoms with Crippen molar-refractivity contribution in [3.63, 3.8) is 0 Å². The summed E-state index contributed by atoms with van der Waals surface area (Å²) in [6.07, 6.45) is 1.33. The maximum atomic E-state index is 10.6. The van der Waals surface area contributed by atoms with Crippen LogP contribution in [0.4, 0.5) is 0 Å². The molecule has 0 atom stereocenters. The van der Waals surface area contributed by atoms with E-state index in [1.54, 1.807) is 0 Å². The summed E-state index contributed by atoms with van der Waals surface area (Å²) in [5.41, 5.74) is 0. The Bertz CT molecular complexity index is 303. The van der Waals surface area contributed by atoms with Gasteiger partial charge in [0.1, 0.15) is 0 Å². The van der Waals surface area contributed by atoms with Gasteiger partial charge in [0.15, 0.2) is 0 Å². The van der Waals surface area contributed by atoms with E-state index in [4.69, 9.17) is 4.55 Å². The molecule has 0 aromatic rings. The molecular formula is C3H8NaO5S3. The Kier molecular flexibility index (Phi) is 7.63. The Morgan fingerprint density at radius 1 is 1.17 bits per heavy atom. The summed E-state index contributed by atoms with van der Waals surface area (Å²) in [5, 5.41) is 0. The molecule has 0 saturated carbocycles. The van der Waals surface area contributed by atoms with E-state index in [1.165, 1.54) is 6.26 Å². The summed E-state index contributed by atoms with van der Waals surface area (Å²) in [6, 6.07) is 0. The molecule has 9 heteroatoms. The molecule has 0 bridgehead atoms. The van der Waals surface area contributed by atoms with Crippen molar-refractivity contribution in [2.75, 3.05) is 17.8 Å². The van der Waals surface area contributed by atoms with Crippen molar-refractivity contribution in [3.8, 4) is 0 Å². The van der Waals surface area contributed by atoms with E-state index in [-0.39, 0.29) is 29.6 Å². The van der Waals surface area contributed by atoms with Gasteiger partial charge < -0.3 is 0 Å². The van der Waals surface area contributed by atoms with Gasteiger partial charge in [0.2, 0.25) is 8.87 Å². The van der Waals surface area contributed by atoms with Crippen LogP contribution < -0.4 is 0 Å². The van der Waals surface area contributed by atoms with Crippen LogP contribution in [0, 0.1) is 0 Å². The van der Waals surface area contributed by atoms with E-state index in [9.17, 15) is 16.8 Å². The minimum absolute atomic E-state index is 0. The predicted molar refractivity (Wildman–Crippen MR) is 49.5 cm³/mol. The van der Waals surface area contributed by atoms with E-state index in [2.05, 4.69) is 0 Å². The summed E-state index contributed by atoms with van der Waals surface area (Å²) < 4.78 is 49.6. The van der Waals surface area contributed by atoms with Crippen LogP contribution in [0.25, 0.3) is 0 Å². The molecule has 0 heterocycles. The molecule has 0 rings (SSSR count). The fraction of sp³-hybridized carbons (Fsp3) is 1.00. The maximum Gasteiger partial charge on any atom is 0.265 e. The predicted octanol–water partition coefficient (Wildman–Crippen LogP) is -0.814. The first kappa shape index (κ1) is 15.7. The van der Waals surface area contributed by atoms with E-state index < -0.39 is 30.5 Å². The quantitative estimate of drug-likeness (QED) is 0.394. The molecule has 0 spiro atoms. The molecule has 0 amide bonds. The summed E-state index contributed by atoms with van der Waals surface area (Å²) in [7, 11) is -6.97. The molecule has 1 radical (unpaired) electrons. The molecule has 1 N–H and O–H groups in total. The van der Waals surface area contributed by atoms with Crippen LogP contribution in [0.5, 0.6) is 0 Å². The molecule has 12 heavy (non-hydrogen) atoms. The van der Waals surface area contributed by atoms with Gasteiger partial charge >= 0.3 is 0 Å². The van der Waals surface area contributed by atoms with E-state index in [1.807, 2.05) is 0 Å². The Labute approximate surface area is 97.7 Å². The Balaban J connectivity index is 0. The van der Waals surface area contributed by atoms with Crippen molar-refractivity contribution >= 4 is 59.3 Å². The first-order valence-corrected chi connectivity index (χ1v) is 7.50. The topological polar surface area (TPSA) is 88.5 Å². The van der Waals surface area contributed by atoms with E-state index >= 15 is 0 Å². The fourth-order valence-corrected chi connectivity index (χ4v) is 3.23. The van der Waals surface area contributed by atoms with Crippen LogP contribution in [-0.4, -0.2) is 68.7 Å². The summed E-state index contributed by atoms with van der Waals surface area (Å²) in [4.78, 5) is 0. The summed E-state index contributed by atoms with van der Waals surface area (Å²) in [6.45, 7) is 0. The molecule has 0 aliphatic carbocycles. The monoisotopic (exact) mass is 243 g/mol. The molecule has 0 fully saturated rings. The van der Waals surface area contributed by atoms with Crippen molar-refractivity contribution in [1.82, 2.24) is 0 Å². The van der Waals surface area contributed by atoms with Gasteiger partial charge in [-0.1, -0.05) is 0 Å². The molecular weight excluding hydrogens is 235 g/mol.